The molecule has 142 valence electrons. The number of nitrogens with zero attached hydrogens (tertiary/aromatic N) is 2. The number of hydrogen-bond donors (Lipinski definition) is 0. The van der Waals surface area contributed by atoms with Crippen LogP contribution in [0.3, 0.4) is 0 Å². The summed E-state index contributed by atoms with van der Waals surface area (Å²) in [5, 5.41) is 0. The molecule has 0 radical (unpaired) electrons. The van der Waals surface area contributed by atoms with Crippen LogP contribution in [0.2, 0.25) is 0 Å². The Labute approximate surface area is 157 Å². The Morgan fingerprint density at radius 3 is 1.42 bits per heavy atom. The molecule has 0 aromatic heterocycles. The number of rotatable bonds is 2. The van der Waals surface area contributed by atoms with Gasteiger partial charge in [-0.1, -0.05) is 33.8 Å². The molecule has 2 aliphatic rings. The van der Waals surface area contributed by atoms with Crippen molar-refractivity contribution in [1.29, 1.82) is 0 Å². The van der Waals surface area contributed by atoms with Gasteiger partial charge in [0.2, 0.25) is 0 Å². The number of hydrogen-bond acceptors (Lipinski definition) is 2. The first-order valence-corrected chi connectivity index (χ1v) is 10.0. The SMILES string of the molecule is C[C@@H]1C[C@H](C)CN(C(=O)c2cccc(C(=O)N3C[C@H](C)C[C@H](C)C3)c2)C1. The fourth-order valence-corrected chi connectivity index (χ4v) is 4.81. The highest BCUT2D eigenvalue weighted by Gasteiger charge is 2.28. The zero-order chi connectivity index (χ0) is 18.8. The van der Waals surface area contributed by atoms with Crippen LogP contribution in [-0.4, -0.2) is 47.8 Å². The molecule has 0 aliphatic carbocycles. The van der Waals surface area contributed by atoms with Crippen molar-refractivity contribution < 1.29 is 9.59 Å². The molecule has 4 heteroatoms. The van der Waals surface area contributed by atoms with Crippen molar-refractivity contribution in [3.05, 3.63) is 35.4 Å². The molecule has 0 spiro atoms. The maximum atomic E-state index is 12.9. The third kappa shape index (κ3) is 4.28. The summed E-state index contributed by atoms with van der Waals surface area (Å²) in [7, 11) is 0. The second-order valence-electron chi connectivity index (χ2n) is 8.89. The zero-order valence-electron chi connectivity index (χ0n) is 16.6. The van der Waals surface area contributed by atoms with E-state index in [1.807, 2.05) is 28.0 Å². The molecular formula is C22H32N2O2. The Hall–Kier alpha value is -1.84. The van der Waals surface area contributed by atoms with E-state index in [0.29, 0.717) is 34.8 Å². The van der Waals surface area contributed by atoms with Crippen molar-refractivity contribution in [2.45, 2.75) is 40.5 Å². The smallest absolute Gasteiger partial charge is 0.253 e. The van der Waals surface area contributed by atoms with Crippen LogP contribution in [0, 0.1) is 23.7 Å². The van der Waals surface area contributed by atoms with Gasteiger partial charge >= 0.3 is 0 Å². The quantitative estimate of drug-likeness (QED) is 0.806. The van der Waals surface area contributed by atoms with Crippen LogP contribution in [0.4, 0.5) is 0 Å². The van der Waals surface area contributed by atoms with E-state index < -0.39 is 0 Å². The fourth-order valence-electron chi connectivity index (χ4n) is 4.81. The van der Waals surface area contributed by atoms with Gasteiger partial charge in [-0.25, -0.2) is 0 Å². The summed E-state index contributed by atoms with van der Waals surface area (Å²) in [6.45, 7) is 12.0. The maximum Gasteiger partial charge on any atom is 0.253 e. The van der Waals surface area contributed by atoms with Crippen LogP contribution in [0.15, 0.2) is 24.3 Å². The summed E-state index contributed by atoms with van der Waals surface area (Å²) < 4.78 is 0. The minimum atomic E-state index is 0.0541. The lowest BCUT2D eigenvalue weighted by Gasteiger charge is -2.35. The molecule has 2 heterocycles. The van der Waals surface area contributed by atoms with Crippen LogP contribution >= 0.6 is 0 Å². The van der Waals surface area contributed by atoms with Crippen molar-refractivity contribution in [1.82, 2.24) is 9.80 Å². The average Bonchev–Trinajstić information content (AvgIpc) is 2.59. The average molecular weight is 357 g/mol. The number of carbonyl (C=O) groups is 2. The maximum absolute atomic E-state index is 12.9. The number of carbonyl (C=O) groups excluding carboxylic acids is 2. The highest BCUT2D eigenvalue weighted by atomic mass is 16.2. The molecule has 2 aliphatic heterocycles. The number of piperidine rings is 2. The van der Waals surface area contributed by atoms with Crippen LogP contribution in [0.5, 0.6) is 0 Å². The topological polar surface area (TPSA) is 40.6 Å². The molecule has 4 nitrogen and oxygen atoms in total. The van der Waals surface area contributed by atoms with E-state index >= 15 is 0 Å². The van der Waals surface area contributed by atoms with Crippen molar-refractivity contribution >= 4 is 11.8 Å². The Morgan fingerprint density at radius 2 is 1.08 bits per heavy atom. The molecule has 0 saturated carbocycles. The van der Waals surface area contributed by atoms with Gasteiger partial charge in [0.1, 0.15) is 0 Å². The Morgan fingerprint density at radius 1 is 0.731 bits per heavy atom. The predicted molar refractivity (Wildman–Crippen MR) is 104 cm³/mol. The lowest BCUT2D eigenvalue weighted by atomic mass is 9.91. The van der Waals surface area contributed by atoms with Gasteiger partial charge in [-0.15, -0.1) is 0 Å². The van der Waals surface area contributed by atoms with E-state index in [1.165, 1.54) is 12.8 Å². The molecule has 0 N–H and O–H groups in total. The Kier molecular flexibility index (Phi) is 5.69. The molecule has 0 bridgehead atoms. The highest BCUT2D eigenvalue weighted by Crippen LogP contribution is 2.24. The summed E-state index contributed by atoms with van der Waals surface area (Å²) in [5.74, 6) is 2.23. The molecule has 2 fully saturated rings. The van der Waals surface area contributed by atoms with Gasteiger partial charge < -0.3 is 9.80 Å². The van der Waals surface area contributed by atoms with Gasteiger partial charge in [-0.05, 0) is 54.7 Å². The summed E-state index contributed by atoms with van der Waals surface area (Å²) >= 11 is 0. The lowest BCUT2D eigenvalue weighted by molar-refractivity contribution is 0.0619. The summed E-state index contributed by atoms with van der Waals surface area (Å²) in [6.07, 6.45) is 2.35. The first-order chi connectivity index (χ1) is 12.3. The monoisotopic (exact) mass is 356 g/mol. The third-order valence-electron chi connectivity index (χ3n) is 5.67. The minimum Gasteiger partial charge on any atom is -0.338 e. The predicted octanol–water partition coefficient (Wildman–Crippen LogP) is 3.92. The summed E-state index contributed by atoms with van der Waals surface area (Å²) in [6, 6.07) is 7.31. The molecule has 1 aromatic rings. The van der Waals surface area contributed by atoms with E-state index in [1.54, 1.807) is 6.07 Å². The molecule has 4 atom stereocenters. The normalized spacial score (nSPS) is 29.5. The molecule has 1 aromatic carbocycles. The van der Waals surface area contributed by atoms with Gasteiger partial charge in [0, 0.05) is 37.3 Å². The first-order valence-electron chi connectivity index (χ1n) is 10.0. The molecule has 2 saturated heterocycles. The molecule has 0 unspecified atom stereocenters. The molecular weight excluding hydrogens is 324 g/mol. The van der Waals surface area contributed by atoms with E-state index in [9.17, 15) is 9.59 Å². The molecule has 26 heavy (non-hydrogen) atoms. The fraction of sp³-hybridized carbons (Fsp3) is 0.636. The standard InChI is InChI=1S/C22H32N2O2/c1-15-8-16(2)12-23(11-15)21(25)19-6-5-7-20(10-19)22(26)24-13-17(3)9-18(4)14-24/h5-7,10,15-18H,8-9,11-14H2,1-4H3/t15-,16+,17-,18+. The third-order valence-corrected chi connectivity index (χ3v) is 5.67. The van der Waals surface area contributed by atoms with E-state index in [0.717, 1.165) is 26.2 Å². The van der Waals surface area contributed by atoms with Crippen LogP contribution < -0.4 is 0 Å². The van der Waals surface area contributed by atoms with E-state index in [2.05, 4.69) is 27.7 Å². The van der Waals surface area contributed by atoms with Gasteiger partial charge in [0.15, 0.2) is 0 Å². The van der Waals surface area contributed by atoms with E-state index in [4.69, 9.17) is 0 Å². The molecule has 3 rings (SSSR count). The van der Waals surface area contributed by atoms with Crippen molar-refractivity contribution in [2.75, 3.05) is 26.2 Å². The number of likely N-dealkylation sites (tertiary alicyclic amines) is 2. The largest absolute Gasteiger partial charge is 0.338 e. The second-order valence-corrected chi connectivity index (χ2v) is 8.89. The lowest BCUT2D eigenvalue weighted by Crippen LogP contribution is -2.43. The van der Waals surface area contributed by atoms with Crippen LogP contribution in [-0.2, 0) is 0 Å². The van der Waals surface area contributed by atoms with Crippen LogP contribution in [0.1, 0.15) is 61.3 Å². The van der Waals surface area contributed by atoms with Gasteiger partial charge in [0.25, 0.3) is 11.8 Å². The van der Waals surface area contributed by atoms with Crippen molar-refractivity contribution in [3.63, 3.8) is 0 Å². The second kappa shape index (κ2) is 7.81. The van der Waals surface area contributed by atoms with Crippen molar-refractivity contribution in [2.24, 2.45) is 23.7 Å². The van der Waals surface area contributed by atoms with E-state index in [-0.39, 0.29) is 11.8 Å². The summed E-state index contributed by atoms with van der Waals surface area (Å²) in [5.41, 5.74) is 1.27. The Bertz CT molecular complexity index is 599. The summed E-state index contributed by atoms with van der Waals surface area (Å²) in [4.78, 5) is 29.8. The minimum absolute atomic E-state index is 0.0541. The number of amides is 2. The number of benzene rings is 1. The highest BCUT2D eigenvalue weighted by molar-refractivity contribution is 5.99. The van der Waals surface area contributed by atoms with Crippen LogP contribution in [0.25, 0.3) is 0 Å². The zero-order valence-corrected chi connectivity index (χ0v) is 16.6. The first kappa shape index (κ1) is 18.9. The van der Waals surface area contributed by atoms with Crippen molar-refractivity contribution in [3.8, 4) is 0 Å². The van der Waals surface area contributed by atoms with Gasteiger partial charge in [-0.3, -0.25) is 9.59 Å². The van der Waals surface area contributed by atoms with Gasteiger partial charge in [-0.2, -0.15) is 0 Å². The Balaban J connectivity index is 1.75. The molecule has 2 amide bonds. The van der Waals surface area contributed by atoms with Gasteiger partial charge in [0.05, 0.1) is 0 Å².